The van der Waals surface area contributed by atoms with Crippen molar-refractivity contribution in [2.24, 2.45) is 12.2 Å². The van der Waals surface area contributed by atoms with E-state index in [1.807, 2.05) is 22.6 Å². The van der Waals surface area contributed by atoms with Crippen molar-refractivity contribution < 1.29 is 13.2 Å². The molecule has 0 aliphatic heterocycles. The van der Waals surface area contributed by atoms with E-state index in [1.54, 1.807) is 24.3 Å². The molecule has 3 N–H and O–H groups in total. The van der Waals surface area contributed by atoms with E-state index in [4.69, 9.17) is 5.14 Å². The normalized spacial score (nSPS) is 11.3. The lowest BCUT2D eigenvalue weighted by atomic mass is 10.2. The number of nitrogens with zero attached hydrogens (tertiary/aromatic N) is 2. The molecule has 1 heterocycles. The maximum Gasteiger partial charge on any atom is 0.257 e. The zero-order valence-corrected chi connectivity index (χ0v) is 13.3. The number of aromatic nitrogens is 2. The van der Waals surface area contributed by atoms with Crippen LogP contribution in [0, 0.1) is 3.57 Å². The van der Waals surface area contributed by atoms with Crippen LogP contribution in [0.4, 0.5) is 5.82 Å². The van der Waals surface area contributed by atoms with E-state index in [9.17, 15) is 13.2 Å². The van der Waals surface area contributed by atoms with Crippen LogP contribution >= 0.6 is 22.6 Å². The number of halogens is 1. The van der Waals surface area contributed by atoms with Gasteiger partial charge in [-0.1, -0.05) is 12.1 Å². The van der Waals surface area contributed by atoms with Crippen LogP contribution < -0.4 is 10.5 Å². The summed E-state index contributed by atoms with van der Waals surface area (Å²) in [5.74, 6) is -0.529. The highest BCUT2D eigenvalue weighted by Crippen LogP contribution is 2.19. The molecule has 0 radical (unpaired) electrons. The minimum atomic E-state index is -3.95. The van der Waals surface area contributed by atoms with E-state index in [0.29, 0.717) is 5.56 Å². The van der Waals surface area contributed by atoms with E-state index >= 15 is 0 Å². The van der Waals surface area contributed by atoms with Gasteiger partial charge in [0.15, 0.2) is 5.82 Å². The van der Waals surface area contributed by atoms with Gasteiger partial charge in [0.1, 0.15) is 4.90 Å². The number of aryl methyl sites for hydroxylation is 1. The van der Waals surface area contributed by atoms with Crippen molar-refractivity contribution in [3.05, 3.63) is 39.6 Å². The molecule has 0 fully saturated rings. The first kappa shape index (κ1) is 14.9. The Labute approximate surface area is 129 Å². The van der Waals surface area contributed by atoms with Crippen LogP contribution in [0.3, 0.4) is 0 Å². The molecule has 7 nitrogen and oxygen atoms in total. The number of sulfonamides is 1. The molecule has 2 rings (SSSR count). The summed E-state index contributed by atoms with van der Waals surface area (Å²) in [6.45, 7) is 0. The second-order valence-electron chi connectivity index (χ2n) is 3.99. The Balaban J connectivity index is 2.37. The van der Waals surface area contributed by atoms with Gasteiger partial charge in [-0.05, 0) is 34.7 Å². The molecule has 0 atom stereocenters. The lowest BCUT2D eigenvalue weighted by Gasteiger charge is -2.05. The van der Waals surface area contributed by atoms with E-state index < -0.39 is 15.9 Å². The van der Waals surface area contributed by atoms with E-state index in [-0.39, 0.29) is 10.7 Å². The summed E-state index contributed by atoms with van der Waals surface area (Å²) in [5, 5.41) is 11.4. The maximum absolute atomic E-state index is 12.1. The lowest BCUT2D eigenvalue weighted by molar-refractivity contribution is 0.102. The quantitative estimate of drug-likeness (QED) is 0.740. The first-order valence-electron chi connectivity index (χ1n) is 5.41. The van der Waals surface area contributed by atoms with E-state index in [2.05, 4.69) is 10.4 Å². The van der Waals surface area contributed by atoms with Gasteiger partial charge in [0.05, 0.1) is 5.56 Å². The zero-order valence-electron chi connectivity index (χ0n) is 10.4. The van der Waals surface area contributed by atoms with Crippen LogP contribution in [0.15, 0.2) is 35.4 Å². The predicted molar refractivity (Wildman–Crippen MR) is 81.7 cm³/mol. The maximum atomic E-state index is 12.1. The van der Waals surface area contributed by atoms with Crippen LogP contribution in [-0.4, -0.2) is 24.1 Å². The molecule has 0 aliphatic carbocycles. The molecule has 0 saturated heterocycles. The lowest BCUT2D eigenvalue weighted by Crippen LogP contribution is -2.18. The minimum Gasteiger partial charge on any atom is -0.304 e. The van der Waals surface area contributed by atoms with Gasteiger partial charge in [0.25, 0.3) is 5.91 Å². The number of hydrogen-bond acceptors (Lipinski definition) is 4. The zero-order chi connectivity index (χ0) is 14.9. The van der Waals surface area contributed by atoms with Crippen LogP contribution in [-0.2, 0) is 17.1 Å². The summed E-state index contributed by atoms with van der Waals surface area (Å²) >= 11 is 2.02. The average molecular weight is 406 g/mol. The molecule has 0 unspecified atom stereocenters. The van der Waals surface area contributed by atoms with Gasteiger partial charge in [-0.3, -0.25) is 9.48 Å². The number of carbonyl (C=O) groups excluding carboxylic acids is 1. The molecule has 1 aromatic carbocycles. The minimum absolute atomic E-state index is 0.0837. The summed E-state index contributed by atoms with van der Waals surface area (Å²) < 4.78 is 24.9. The predicted octanol–water partition coefficient (Wildman–Crippen LogP) is 0.924. The summed E-state index contributed by atoms with van der Waals surface area (Å²) in [6, 6.07) is 6.93. The summed E-state index contributed by atoms with van der Waals surface area (Å²) in [6.07, 6.45) is 1.24. The SMILES string of the molecule is Cn1cc(S(N)(=O)=O)c(NC(=O)c2ccccc2I)n1. The fourth-order valence-corrected chi connectivity index (χ4v) is 2.87. The highest BCUT2D eigenvalue weighted by atomic mass is 127. The van der Waals surface area contributed by atoms with Gasteiger partial charge in [-0.2, -0.15) is 5.10 Å². The molecule has 0 spiro atoms. The molecule has 0 aliphatic rings. The first-order valence-corrected chi connectivity index (χ1v) is 8.04. The molecule has 9 heteroatoms. The number of anilines is 1. The molecule has 1 aromatic heterocycles. The molecular weight excluding hydrogens is 395 g/mol. The Bertz CT molecular complexity index is 770. The van der Waals surface area contributed by atoms with Crippen molar-refractivity contribution >= 4 is 44.3 Å². The van der Waals surface area contributed by atoms with E-state index in [0.717, 1.165) is 3.57 Å². The van der Waals surface area contributed by atoms with Crippen molar-refractivity contribution in [2.75, 3.05) is 5.32 Å². The second kappa shape index (κ2) is 5.50. The Morgan fingerprint density at radius 1 is 1.40 bits per heavy atom. The number of hydrogen-bond donors (Lipinski definition) is 2. The van der Waals surface area contributed by atoms with Gasteiger partial charge in [-0.15, -0.1) is 0 Å². The Hall–Kier alpha value is -1.46. The van der Waals surface area contributed by atoms with Crippen LogP contribution in [0.2, 0.25) is 0 Å². The molecule has 0 saturated carbocycles. The number of amides is 1. The van der Waals surface area contributed by atoms with Crippen LogP contribution in [0.1, 0.15) is 10.4 Å². The molecule has 0 bridgehead atoms. The molecular formula is C11H11IN4O3S. The molecule has 106 valence electrons. The Morgan fingerprint density at radius 2 is 2.05 bits per heavy atom. The summed E-state index contributed by atoms with van der Waals surface area (Å²) in [4.78, 5) is 11.9. The van der Waals surface area contributed by atoms with Gasteiger partial charge in [0, 0.05) is 16.8 Å². The Kier molecular flexibility index (Phi) is 4.11. The molecule has 2 aromatic rings. The summed E-state index contributed by atoms with van der Waals surface area (Å²) in [5.41, 5.74) is 0.430. The van der Waals surface area contributed by atoms with Gasteiger partial charge >= 0.3 is 0 Å². The van der Waals surface area contributed by atoms with Crippen molar-refractivity contribution in [3.63, 3.8) is 0 Å². The summed E-state index contributed by atoms with van der Waals surface area (Å²) in [7, 11) is -2.41. The van der Waals surface area contributed by atoms with Crippen molar-refractivity contribution in [3.8, 4) is 0 Å². The number of carbonyl (C=O) groups is 1. The van der Waals surface area contributed by atoms with Gasteiger partial charge < -0.3 is 5.32 Å². The number of benzene rings is 1. The standard InChI is InChI=1S/C11H11IN4O3S/c1-16-6-9(20(13,18)19)10(15-16)14-11(17)7-4-2-3-5-8(7)12/h2-6H,1H3,(H2,13,18,19)(H,14,15,17). The fraction of sp³-hybridized carbons (Fsp3) is 0.0909. The topological polar surface area (TPSA) is 107 Å². The number of primary sulfonamides is 1. The highest BCUT2D eigenvalue weighted by molar-refractivity contribution is 14.1. The largest absolute Gasteiger partial charge is 0.304 e. The van der Waals surface area contributed by atoms with Crippen molar-refractivity contribution in [1.29, 1.82) is 0 Å². The monoisotopic (exact) mass is 406 g/mol. The van der Waals surface area contributed by atoms with E-state index in [1.165, 1.54) is 17.9 Å². The van der Waals surface area contributed by atoms with Gasteiger partial charge in [0.2, 0.25) is 10.0 Å². The second-order valence-corrected chi connectivity index (χ2v) is 6.69. The number of nitrogens with one attached hydrogen (secondary N) is 1. The van der Waals surface area contributed by atoms with Crippen LogP contribution in [0.5, 0.6) is 0 Å². The molecule has 20 heavy (non-hydrogen) atoms. The number of rotatable bonds is 3. The average Bonchev–Trinajstić information content (AvgIpc) is 2.70. The van der Waals surface area contributed by atoms with Gasteiger partial charge in [-0.25, -0.2) is 13.6 Å². The number of nitrogens with two attached hydrogens (primary N) is 1. The third-order valence-electron chi connectivity index (χ3n) is 2.45. The Morgan fingerprint density at radius 3 is 2.65 bits per heavy atom. The smallest absolute Gasteiger partial charge is 0.257 e. The first-order chi connectivity index (χ1) is 9.29. The third kappa shape index (κ3) is 3.16. The third-order valence-corrected chi connectivity index (χ3v) is 4.30. The van der Waals surface area contributed by atoms with Crippen molar-refractivity contribution in [2.45, 2.75) is 4.90 Å². The fourth-order valence-electron chi connectivity index (χ4n) is 1.58. The van der Waals surface area contributed by atoms with Crippen LogP contribution in [0.25, 0.3) is 0 Å². The highest BCUT2D eigenvalue weighted by Gasteiger charge is 2.21. The van der Waals surface area contributed by atoms with Crippen molar-refractivity contribution in [1.82, 2.24) is 9.78 Å². The molecule has 1 amide bonds.